The lowest BCUT2D eigenvalue weighted by Crippen LogP contribution is -2.47. The highest BCUT2D eigenvalue weighted by molar-refractivity contribution is 4.83. The Morgan fingerprint density at radius 3 is 2.38 bits per heavy atom. The summed E-state index contributed by atoms with van der Waals surface area (Å²) in [7, 11) is 0. The zero-order valence-corrected chi connectivity index (χ0v) is 10.9. The molecule has 1 heterocycles. The van der Waals surface area contributed by atoms with Crippen LogP contribution in [0.1, 0.15) is 58.3 Å². The first-order valence-electron chi connectivity index (χ1n) is 7.38. The summed E-state index contributed by atoms with van der Waals surface area (Å²) < 4.78 is 0. The predicted octanol–water partition coefficient (Wildman–Crippen LogP) is 2.78. The van der Waals surface area contributed by atoms with Crippen LogP contribution in [0, 0.1) is 0 Å². The molecule has 1 atom stereocenters. The summed E-state index contributed by atoms with van der Waals surface area (Å²) >= 11 is 0. The van der Waals surface area contributed by atoms with E-state index in [-0.39, 0.29) is 0 Å². The fraction of sp³-hybridized carbons (Fsp3) is 1.00. The Balaban J connectivity index is 1.90. The van der Waals surface area contributed by atoms with Crippen LogP contribution in [0.15, 0.2) is 0 Å². The molecule has 1 saturated heterocycles. The molecule has 0 radical (unpaired) electrons. The van der Waals surface area contributed by atoms with Crippen LogP contribution < -0.4 is 5.32 Å². The van der Waals surface area contributed by atoms with E-state index in [9.17, 15) is 0 Å². The third-order valence-corrected chi connectivity index (χ3v) is 4.40. The summed E-state index contributed by atoms with van der Waals surface area (Å²) in [6.07, 6.45) is 11.5. The number of hydrogen-bond donors (Lipinski definition) is 1. The number of nitrogens with zero attached hydrogens (tertiary/aromatic N) is 1. The van der Waals surface area contributed by atoms with E-state index in [1.165, 1.54) is 71.0 Å². The van der Waals surface area contributed by atoms with Crippen molar-refractivity contribution in [3.05, 3.63) is 0 Å². The first kappa shape index (κ1) is 12.4. The van der Waals surface area contributed by atoms with E-state index in [0.717, 1.165) is 12.1 Å². The monoisotopic (exact) mass is 224 g/mol. The lowest BCUT2D eigenvalue weighted by molar-refractivity contribution is 0.106. The maximum Gasteiger partial charge on any atom is 0.0223 e. The van der Waals surface area contributed by atoms with Crippen molar-refractivity contribution in [2.75, 3.05) is 19.6 Å². The Labute approximate surface area is 101 Å². The zero-order chi connectivity index (χ0) is 11.2. The number of rotatable bonds is 3. The molecule has 94 valence electrons. The Bertz CT molecular complexity index is 179. The largest absolute Gasteiger partial charge is 0.315 e. The molecule has 1 unspecified atom stereocenters. The van der Waals surface area contributed by atoms with Crippen LogP contribution in [0.2, 0.25) is 0 Å². The Morgan fingerprint density at radius 2 is 1.62 bits per heavy atom. The van der Waals surface area contributed by atoms with Gasteiger partial charge in [0.2, 0.25) is 0 Å². The summed E-state index contributed by atoms with van der Waals surface area (Å²) in [6.45, 7) is 6.06. The molecule has 0 aromatic rings. The molecule has 2 heteroatoms. The summed E-state index contributed by atoms with van der Waals surface area (Å²) in [5.41, 5.74) is 0. The van der Waals surface area contributed by atoms with Crippen molar-refractivity contribution in [2.24, 2.45) is 0 Å². The van der Waals surface area contributed by atoms with Crippen LogP contribution in [0.25, 0.3) is 0 Å². The van der Waals surface area contributed by atoms with Gasteiger partial charge in [0.25, 0.3) is 0 Å². The Hall–Kier alpha value is -0.0800. The van der Waals surface area contributed by atoms with Gasteiger partial charge in [0, 0.05) is 18.6 Å². The molecule has 1 N–H and O–H groups in total. The lowest BCUT2D eigenvalue weighted by atomic mass is 9.92. The molecule has 0 amide bonds. The molecular weight excluding hydrogens is 196 g/mol. The van der Waals surface area contributed by atoms with Crippen molar-refractivity contribution < 1.29 is 0 Å². The van der Waals surface area contributed by atoms with Crippen molar-refractivity contribution in [1.82, 2.24) is 10.2 Å². The Morgan fingerprint density at radius 1 is 0.938 bits per heavy atom. The second-order valence-corrected chi connectivity index (χ2v) is 5.48. The predicted molar refractivity (Wildman–Crippen MR) is 69.8 cm³/mol. The topological polar surface area (TPSA) is 15.3 Å². The summed E-state index contributed by atoms with van der Waals surface area (Å²) in [5.74, 6) is 0. The fourth-order valence-corrected chi connectivity index (χ4v) is 3.51. The minimum absolute atomic E-state index is 0.815. The Kier molecular flexibility index (Phi) is 5.11. The van der Waals surface area contributed by atoms with Crippen LogP contribution in [-0.2, 0) is 0 Å². The first-order chi connectivity index (χ1) is 7.92. The summed E-state index contributed by atoms with van der Waals surface area (Å²) in [4.78, 5) is 2.80. The van der Waals surface area contributed by atoms with E-state index in [0.29, 0.717) is 0 Å². The highest BCUT2D eigenvalue weighted by atomic mass is 15.2. The molecule has 16 heavy (non-hydrogen) atoms. The third-order valence-electron chi connectivity index (χ3n) is 4.40. The van der Waals surface area contributed by atoms with Crippen LogP contribution in [-0.4, -0.2) is 36.6 Å². The van der Waals surface area contributed by atoms with Gasteiger partial charge in [0.1, 0.15) is 0 Å². The first-order valence-corrected chi connectivity index (χ1v) is 7.38. The average molecular weight is 224 g/mol. The van der Waals surface area contributed by atoms with Crippen molar-refractivity contribution in [3.63, 3.8) is 0 Å². The standard InChI is InChI=1S/C14H28N2/c1-2-16(13-8-4-3-5-9-13)14-10-6-7-11-15-12-14/h13-15H,2-12H2,1H3. The van der Waals surface area contributed by atoms with Crippen LogP contribution >= 0.6 is 0 Å². The number of nitrogens with one attached hydrogen (secondary N) is 1. The van der Waals surface area contributed by atoms with Gasteiger partial charge < -0.3 is 5.32 Å². The van der Waals surface area contributed by atoms with Crippen molar-refractivity contribution >= 4 is 0 Å². The molecule has 0 aromatic carbocycles. The molecule has 2 fully saturated rings. The van der Waals surface area contributed by atoms with Crippen LogP contribution in [0.4, 0.5) is 0 Å². The van der Waals surface area contributed by atoms with Gasteiger partial charge in [-0.1, -0.05) is 32.6 Å². The zero-order valence-electron chi connectivity index (χ0n) is 10.9. The average Bonchev–Trinajstić information content (AvgIpc) is 2.61. The van der Waals surface area contributed by atoms with Gasteiger partial charge in [0.15, 0.2) is 0 Å². The molecule has 1 saturated carbocycles. The minimum Gasteiger partial charge on any atom is -0.315 e. The van der Waals surface area contributed by atoms with Gasteiger partial charge in [-0.15, -0.1) is 0 Å². The van der Waals surface area contributed by atoms with Gasteiger partial charge in [-0.2, -0.15) is 0 Å². The maximum atomic E-state index is 3.61. The molecule has 2 rings (SSSR count). The molecule has 2 aliphatic rings. The molecule has 0 spiro atoms. The second-order valence-electron chi connectivity index (χ2n) is 5.48. The highest BCUT2D eigenvalue weighted by Crippen LogP contribution is 2.25. The lowest BCUT2D eigenvalue weighted by Gasteiger charge is -2.39. The van der Waals surface area contributed by atoms with E-state index in [4.69, 9.17) is 0 Å². The van der Waals surface area contributed by atoms with Gasteiger partial charge >= 0.3 is 0 Å². The van der Waals surface area contributed by atoms with Crippen LogP contribution in [0.5, 0.6) is 0 Å². The van der Waals surface area contributed by atoms with Crippen molar-refractivity contribution in [1.29, 1.82) is 0 Å². The SMILES string of the molecule is CCN(C1CCCCC1)C1CCCCNC1. The van der Waals surface area contributed by atoms with Gasteiger partial charge in [-0.3, -0.25) is 4.90 Å². The number of hydrogen-bond acceptors (Lipinski definition) is 2. The molecule has 2 nitrogen and oxygen atoms in total. The van der Waals surface area contributed by atoms with E-state index >= 15 is 0 Å². The van der Waals surface area contributed by atoms with E-state index < -0.39 is 0 Å². The van der Waals surface area contributed by atoms with Gasteiger partial charge in [0.05, 0.1) is 0 Å². The molecular formula is C14H28N2. The summed E-state index contributed by atoms with van der Waals surface area (Å²) in [5, 5.41) is 3.61. The molecule has 1 aliphatic carbocycles. The maximum absolute atomic E-state index is 3.61. The van der Waals surface area contributed by atoms with E-state index in [2.05, 4.69) is 17.1 Å². The third kappa shape index (κ3) is 3.21. The highest BCUT2D eigenvalue weighted by Gasteiger charge is 2.26. The molecule has 0 aromatic heterocycles. The minimum atomic E-state index is 0.815. The quantitative estimate of drug-likeness (QED) is 0.793. The van der Waals surface area contributed by atoms with Gasteiger partial charge in [-0.05, 0) is 38.8 Å². The number of likely N-dealkylation sites (N-methyl/N-ethyl adjacent to an activating group) is 1. The van der Waals surface area contributed by atoms with E-state index in [1.54, 1.807) is 0 Å². The summed E-state index contributed by atoms with van der Waals surface area (Å²) in [6, 6.07) is 1.71. The van der Waals surface area contributed by atoms with Crippen molar-refractivity contribution in [2.45, 2.75) is 70.4 Å². The smallest absolute Gasteiger partial charge is 0.0223 e. The molecule has 0 bridgehead atoms. The molecule has 1 aliphatic heterocycles. The van der Waals surface area contributed by atoms with Crippen molar-refractivity contribution in [3.8, 4) is 0 Å². The van der Waals surface area contributed by atoms with Crippen LogP contribution in [0.3, 0.4) is 0 Å². The second kappa shape index (κ2) is 6.61. The normalized spacial score (nSPS) is 29.2. The van der Waals surface area contributed by atoms with E-state index in [1.807, 2.05) is 0 Å². The fourth-order valence-electron chi connectivity index (χ4n) is 3.51. The van der Waals surface area contributed by atoms with Gasteiger partial charge in [-0.25, -0.2) is 0 Å².